The summed E-state index contributed by atoms with van der Waals surface area (Å²) in [6.07, 6.45) is 11.4. The summed E-state index contributed by atoms with van der Waals surface area (Å²) in [5.74, 6) is 1.60. The van der Waals surface area contributed by atoms with Crippen LogP contribution in [0.1, 0.15) is 77.1 Å². The number of aromatic nitrogens is 2. The van der Waals surface area contributed by atoms with Crippen molar-refractivity contribution >= 4 is 11.3 Å². The van der Waals surface area contributed by atoms with Crippen molar-refractivity contribution in [2.45, 2.75) is 78.6 Å². The Morgan fingerprint density at radius 3 is 2.00 bits per heavy atom. The van der Waals surface area contributed by atoms with Gasteiger partial charge in [0.25, 0.3) is 0 Å². The summed E-state index contributed by atoms with van der Waals surface area (Å²) in [5, 5.41) is 11.0. The van der Waals surface area contributed by atoms with Crippen LogP contribution in [-0.2, 0) is 6.42 Å². The molecule has 1 heterocycles. The lowest BCUT2D eigenvalue weighted by Gasteiger charge is -2.09. The van der Waals surface area contributed by atoms with Gasteiger partial charge in [0.05, 0.1) is 6.61 Å². The van der Waals surface area contributed by atoms with Crippen LogP contribution >= 0.6 is 11.3 Å². The van der Waals surface area contributed by atoms with Crippen LogP contribution in [0.3, 0.4) is 0 Å². The van der Waals surface area contributed by atoms with Gasteiger partial charge in [0.1, 0.15) is 15.8 Å². The first-order valence-corrected chi connectivity index (χ1v) is 13.1. The summed E-state index contributed by atoms with van der Waals surface area (Å²) >= 11 is 1.73. The molecule has 3 aromatic rings. The first-order valence-electron chi connectivity index (χ1n) is 12.3. The average Bonchev–Trinajstić information content (AvgIpc) is 3.28. The van der Waals surface area contributed by atoms with Gasteiger partial charge in [0, 0.05) is 12.0 Å². The van der Waals surface area contributed by atoms with Crippen LogP contribution in [0, 0.1) is 5.92 Å². The van der Waals surface area contributed by atoms with Crippen LogP contribution in [0.2, 0.25) is 0 Å². The van der Waals surface area contributed by atoms with E-state index in [1.54, 1.807) is 11.3 Å². The Labute approximate surface area is 198 Å². The van der Waals surface area contributed by atoms with Gasteiger partial charge in [0.2, 0.25) is 0 Å². The minimum Gasteiger partial charge on any atom is -0.494 e. The molecule has 32 heavy (non-hydrogen) atoms. The van der Waals surface area contributed by atoms with E-state index in [-0.39, 0.29) is 0 Å². The Kier molecular flexibility index (Phi) is 10.2. The number of benzene rings is 2. The van der Waals surface area contributed by atoms with Gasteiger partial charge in [-0.1, -0.05) is 107 Å². The molecule has 0 fully saturated rings. The third kappa shape index (κ3) is 8.05. The molecular weight excluding hydrogens is 412 g/mol. The van der Waals surface area contributed by atoms with Crippen molar-refractivity contribution in [1.29, 1.82) is 0 Å². The van der Waals surface area contributed by atoms with E-state index >= 15 is 0 Å². The fourth-order valence-electron chi connectivity index (χ4n) is 3.67. The summed E-state index contributed by atoms with van der Waals surface area (Å²) in [6, 6.07) is 17.0. The highest BCUT2D eigenvalue weighted by Gasteiger charge is 2.08. The van der Waals surface area contributed by atoms with E-state index in [9.17, 15) is 0 Å². The molecule has 0 saturated carbocycles. The Bertz CT molecular complexity index is 900. The molecule has 0 unspecified atom stereocenters. The number of unbranched alkanes of at least 4 members (excludes halogenated alkanes) is 6. The number of rotatable bonds is 14. The van der Waals surface area contributed by atoms with Crippen LogP contribution < -0.4 is 4.74 Å². The van der Waals surface area contributed by atoms with Crippen molar-refractivity contribution in [3.05, 3.63) is 53.5 Å². The van der Waals surface area contributed by atoms with Gasteiger partial charge >= 0.3 is 0 Å². The molecule has 3 rings (SSSR count). The Balaban J connectivity index is 1.48. The Morgan fingerprint density at radius 1 is 0.750 bits per heavy atom. The summed E-state index contributed by atoms with van der Waals surface area (Å²) in [7, 11) is 0. The van der Waals surface area contributed by atoms with E-state index < -0.39 is 0 Å². The molecule has 0 bridgehead atoms. The molecule has 0 aliphatic carbocycles. The fourth-order valence-corrected chi connectivity index (χ4v) is 4.55. The van der Waals surface area contributed by atoms with Crippen molar-refractivity contribution in [3.63, 3.8) is 0 Å². The van der Waals surface area contributed by atoms with E-state index in [1.807, 2.05) is 0 Å². The summed E-state index contributed by atoms with van der Waals surface area (Å²) in [4.78, 5) is 0. The molecule has 0 aliphatic heterocycles. The Morgan fingerprint density at radius 2 is 1.34 bits per heavy atom. The summed E-state index contributed by atoms with van der Waals surface area (Å²) < 4.78 is 5.83. The van der Waals surface area contributed by atoms with E-state index in [0.717, 1.165) is 40.8 Å². The number of ether oxygens (including phenoxy) is 1. The smallest absolute Gasteiger partial charge is 0.147 e. The maximum Gasteiger partial charge on any atom is 0.147 e. The van der Waals surface area contributed by atoms with Gasteiger partial charge in [-0.05, 0) is 42.0 Å². The number of hydrogen-bond acceptors (Lipinski definition) is 4. The van der Waals surface area contributed by atoms with Gasteiger partial charge < -0.3 is 4.74 Å². The molecule has 3 nitrogen and oxygen atoms in total. The summed E-state index contributed by atoms with van der Waals surface area (Å²) in [5.41, 5.74) is 3.55. The van der Waals surface area contributed by atoms with E-state index in [0.29, 0.717) is 5.92 Å². The quantitative estimate of drug-likeness (QED) is 0.231. The van der Waals surface area contributed by atoms with Gasteiger partial charge in [-0.2, -0.15) is 0 Å². The molecule has 2 aromatic carbocycles. The van der Waals surface area contributed by atoms with Crippen molar-refractivity contribution in [3.8, 4) is 27.4 Å². The van der Waals surface area contributed by atoms with Crippen LogP contribution in [0.5, 0.6) is 5.75 Å². The van der Waals surface area contributed by atoms with Crippen LogP contribution in [0.25, 0.3) is 21.7 Å². The third-order valence-electron chi connectivity index (χ3n) is 5.74. The highest BCUT2D eigenvalue weighted by atomic mass is 32.1. The first-order chi connectivity index (χ1) is 15.7. The van der Waals surface area contributed by atoms with Gasteiger partial charge in [-0.15, -0.1) is 10.2 Å². The lowest BCUT2D eigenvalue weighted by molar-refractivity contribution is 0.289. The van der Waals surface area contributed by atoms with Crippen molar-refractivity contribution < 1.29 is 4.74 Å². The standard InChI is InChI=1S/C28H38N2OS/c1-4-5-6-7-8-9-10-11-27-29-30-28(32-27)25-14-12-23(13-15-25)24-16-18-26(19-17-24)31-21-20-22(2)3/h12-19,22H,4-11,20-21H2,1-3H3. The van der Waals surface area contributed by atoms with Crippen molar-refractivity contribution in [1.82, 2.24) is 10.2 Å². The van der Waals surface area contributed by atoms with E-state index in [1.165, 1.54) is 56.1 Å². The largest absolute Gasteiger partial charge is 0.494 e. The zero-order valence-corrected chi connectivity index (χ0v) is 20.8. The fraction of sp³-hybridized carbons (Fsp3) is 0.500. The summed E-state index contributed by atoms with van der Waals surface area (Å²) in [6.45, 7) is 7.47. The first kappa shape index (κ1) is 24.4. The third-order valence-corrected chi connectivity index (χ3v) is 6.78. The van der Waals surface area contributed by atoms with E-state index in [4.69, 9.17) is 4.74 Å². The highest BCUT2D eigenvalue weighted by Crippen LogP contribution is 2.28. The predicted molar refractivity (Wildman–Crippen MR) is 137 cm³/mol. The molecule has 0 aliphatic rings. The predicted octanol–water partition coefficient (Wildman–Crippen LogP) is 8.59. The van der Waals surface area contributed by atoms with Crippen molar-refractivity contribution in [2.75, 3.05) is 6.61 Å². The van der Waals surface area contributed by atoms with E-state index in [2.05, 4.69) is 79.5 Å². The van der Waals surface area contributed by atoms with Crippen LogP contribution in [0.4, 0.5) is 0 Å². The SMILES string of the molecule is CCCCCCCCCc1nnc(-c2ccc(-c3ccc(OCCC(C)C)cc3)cc2)s1. The second-order valence-electron chi connectivity index (χ2n) is 9.00. The second kappa shape index (κ2) is 13.4. The Hall–Kier alpha value is -2.20. The molecule has 0 amide bonds. The molecule has 0 spiro atoms. The molecule has 172 valence electrons. The number of hydrogen-bond donors (Lipinski definition) is 0. The topological polar surface area (TPSA) is 35.0 Å². The van der Waals surface area contributed by atoms with Gasteiger partial charge in [-0.25, -0.2) is 0 Å². The molecule has 0 N–H and O–H groups in total. The lowest BCUT2D eigenvalue weighted by atomic mass is 10.0. The molecular formula is C28H38N2OS. The van der Waals surface area contributed by atoms with Crippen molar-refractivity contribution in [2.24, 2.45) is 5.92 Å². The molecule has 0 radical (unpaired) electrons. The molecule has 4 heteroatoms. The van der Waals surface area contributed by atoms with Gasteiger partial charge in [0.15, 0.2) is 0 Å². The normalized spacial score (nSPS) is 11.2. The number of aryl methyl sites for hydroxylation is 1. The second-order valence-corrected chi connectivity index (χ2v) is 10.1. The molecule has 1 aromatic heterocycles. The van der Waals surface area contributed by atoms with Crippen LogP contribution in [0.15, 0.2) is 48.5 Å². The zero-order valence-electron chi connectivity index (χ0n) is 20.0. The number of nitrogens with zero attached hydrogens (tertiary/aromatic N) is 2. The minimum atomic E-state index is 0.664. The average molecular weight is 451 g/mol. The molecule has 0 saturated heterocycles. The molecule has 0 atom stereocenters. The maximum absolute atomic E-state index is 5.83. The van der Waals surface area contributed by atoms with Crippen LogP contribution in [-0.4, -0.2) is 16.8 Å². The highest BCUT2D eigenvalue weighted by molar-refractivity contribution is 7.14. The lowest BCUT2D eigenvalue weighted by Crippen LogP contribution is -2.01. The minimum absolute atomic E-state index is 0.664. The zero-order chi connectivity index (χ0) is 22.6. The monoisotopic (exact) mass is 450 g/mol. The maximum atomic E-state index is 5.83. The van der Waals surface area contributed by atoms with Gasteiger partial charge in [-0.3, -0.25) is 0 Å².